The molecule has 0 saturated carbocycles. The second-order valence-corrected chi connectivity index (χ2v) is 7.19. The largest absolute Gasteiger partial charge is 0.481 e. The predicted molar refractivity (Wildman–Crippen MR) is 97.6 cm³/mol. The minimum absolute atomic E-state index is 0.0149. The van der Waals surface area contributed by atoms with E-state index in [1.807, 2.05) is 42.5 Å². The first kappa shape index (κ1) is 18.8. The maximum Gasteiger partial charge on any atom is 0.407 e. The average molecular weight is 343 g/mol. The minimum Gasteiger partial charge on any atom is -0.481 e. The molecule has 0 radical (unpaired) electrons. The summed E-state index contributed by atoms with van der Waals surface area (Å²) in [6.45, 7) is 5.62. The van der Waals surface area contributed by atoms with E-state index in [4.69, 9.17) is 4.74 Å². The fourth-order valence-corrected chi connectivity index (χ4v) is 2.79. The standard InChI is InChI=1S/C20H25NO4/c1-20(2,3)25-19(24)21-13-14(12-18(22)23)11-16-9-6-8-15-7-4-5-10-17(15)16/h4-10,14H,11-13H2,1-3H3,(H,21,24)(H,22,23)/t14-/m1/s1. The highest BCUT2D eigenvalue weighted by Crippen LogP contribution is 2.22. The number of fused-ring (bicyclic) bond motifs is 1. The van der Waals surface area contributed by atoms with Crippen LogP contribution in [0.3, 0.4) is 0 Å². The van der Waals surface area contributed by atoms with E-state index in [-0.39, 0.29) is 18.9 Å². The maximum atomic E-state index is 11.8. The Balaban J connectivity index is 2.09. The lowest BCUT2D eigenvalue weighted by Crippen LogP contribution is -2.36. The molecule has 5 heteroatoms. The van der Waals surface area contributed by atoms with Crippen molar-refractivity contribution in [2.45, 2.75) is 39.2 Å². The van der Waals surface area contributed by atoms with Crippen LogP contribution in [-0.4, -0.2) is 29.3 Å². The molecule has 0 spiro atoms. The van der Waals surface area contributed by atoms with Gasteiger partial charge in [-0.2, -0.15) is 0 Å². The number of aliphatic carboxylic acids is 1. The monoisotopic (exact) mass is 343 g/mol. The first-order valence-electron chi connectivity index (χ1n) is 8.40. The molecule has 0 bridgehead atoms. The molecule has 25 heavy (non-hydrogen) atoms. The van der Waals surface area contributed by atoms with Crippen LogP contribution in [0, 0.1) is 5.92 Å². The molecule has 0 aliphatic carbocycles. The van der Waals surface area contributed by atoms with Crippen molar-refractivity contribution in [1.29, 1.82) is 0 Å². The third-order valence-corrected chi connectivity index (χ3v) is 3.79. The van der Waals surface area contributed by atoms with Crippen molar-refractivity contribution in [2.24, 2.45) is 5.92 Å². The summed E-state index contributed by atoms with van der Waals surface area (Å²) in [6, 6.07) is 14.0. The fraction of sp³-hybridized carbons (Fsp3) is 0.400. The van der Waals surface area contributed by atoms with E-state index in [1.54, 1.807) is 20.8 Å². The molecule has 2 aromatic carbocycles. The van der Waals surface area contributed by atoms with Gasteiger partial charge in [0.25, 0.3) is 0 Å². The Morgan fingerprint density at radius 3 is 2.48 bits per heavy atom. The van der Waals surface area contributed by atoms with E-state index >= 15 is 0 Å². The molecule has 2 N–H and O–H groups in total. The molecule has 0 heterocycles. The highest BCUT2D eigenvalue weighted by atomic mass is 16.6. The zero-order valence-electron chi connectivity index (χ0n) is 14.9. The van der Waals surface area contributed by atoms with Gasteiger partial charge in [0.1, 0.15) is 5.60 Å². The van der Waals surface area contributed by atoms with Gasteiger partial charge in [-0.15, -0.1) is 0 Å². The lowest BCUT2D eigenvalue weighted by atomic mass is 9.92. The van der Waals surface area contributed by atoms with Crippen LogP contribution >= 0.6 is 0 Å². The van der Waals surface area contributed by atoms with E-state index in [1.165, 1.54) is 0 Å². The van der Waals surface area contributed by atoms with Gasteiger partial charge in [-0.05, 0) is 49.4 Å². The van der Waals surface area contributed by atoms with Crippen molar-refractivity contribution < 1.29 is 19.4 Å². The van der Waals surface area contributed by atoms with Gasteiger partial charge in [-0.3, -0.25) is 4.79 Å². The van der Waals surface area contributed by atoms with Gasteiger partial charge >= 0.3 is 12.1 Å². The Kier molecular flexibility index (Phi) is 6.02. The van der Waals surface area contributed by atoms with Gasteiger partial charge in [0, 0.05) is 6.54 Å². The van der Waals surface area contributed by atoms with E-state index in [2.05, 4.69) is 5.32 Å². The summed E-state index contributed by atoms with van der Waals surface area (Å²) < 4.78 is 5.22. The molecular weight excluding hydrogens is 318 g/mol. The molecule has 0 saturated heterocycles. The number of amides is 1. The van der Waals surface area contributed by atoms with Crippen LogP contribution in [0.25, 0.3) is 10.8 Å². The normalized spacial score (nSPS) is 12.6. The third kappa shape index (κ3) is 6.10. The minimum atomic E-state index is -0.878. The van der Waals surface area contributed by atoms with Gasteiger partial charge in [0.15, 0.2) is 0 Å². The van der Waals surface area contributed by atoms with Crippen molar-refractivity contribution in [3.05, 3.63) is 48.0 Å². The molecule has 1 amide bonds. The van der Waals surface area contributed by atoms with Crippen molar-refractivity contribution in [2.75, 3.05) is 6.54 Å². The number of hydrogen-bond donors (Lipinski definition) is 2. The zero-order valence-corrected chi connectivity index (χ0v) is 14.9. The first-order valence-corrected chi connectivity index (χ1v) is 8.40. The van der Waals surface area contributed by atoms with E-state index < -0.39 is 17.7 Å². The Hall–Kier alpha value is -2.56. The van der Waals surface area contributed by atoms with Crippen LogP contribution in [0.15, 0.2) is 42.5 Å². The average Bonchev–Trinajstić information content (AvgIpc) is 2.51. The smallest absolute Gasteiger partial charge is 0.407 e. The van der Waals surface area contributed by atoms with Crippen molar-refractivity contribution >= 4 is 22.8 Å². The summed E-state index contributed by atoms with van der Waals surface area (Å²) in [7, 11) is 0. The SMILES string of the molecule is CC(C)(C)OC(=O)NC[C@@H](CC(=O)O)Cc1cccc2ccccc12. The van der Waals surface area contributed by atoms with Gasteiger partial charge in [-0.1, -0.05) is 42.5 Å². The quantitative estimate of drug-likeness (QED) is 0.831. The summed E-state index contributed by atoms with van der Waals surface area (Å²) in [5, 5.41) is 14.1. The number of carboxylic acids is 1. The fourth-order valence-electron chi connectivity index (χ4n) is 2.79. The topological polar surface area (TPSA) is 75.6 Å². The van der Waals surface area contributed by atoms with Crippen LogP contribution in [0.5, 0.6) is 0 Å². The van der Waals surface area contributed by atoms with Gasteiger partial charge < -0.3 is 15.2 Å². The molecule has 2 rings (SSSR count). The molecule has 134 valence electrons. The molecule has 5 nitrogen and oxygen atoms in total. The number of alkyl carbamates (subject to hydrolysis) is 1. The number of rotatable bonds is 6. The lowest BCUT2D eigenvalue weighted by molar-refractivity contribution is -0.138. The maximum absolute atomic E-state index is 11.8. The summed E-state index contributed by atoms with van der Waals surface area (Å²) in [5.41, 5.74) is 0.498. The van der Waals surface area contributed by atoms with Crippen LogP contribution < -0.4 is 5.32 Å². The Bertz CT molecular complexity index is 743. The van der Waals surface area contributed by atoms with Crippen molar-refractivity contribution in [3.63, 3.8) is 0 Å². The number of ether oxygens (including phenoxy) is 1. The van der Waals surface area contributed by atoms with Gasteiger partial charge in [0.2, 0.25) is 0 Å². The number of hydrogen-bond acceptors (Lipinski definition) is 3. The molecule has 0 fully saturated rings. The Morgan fingerprint density at radius 2 is 1.80 bits per heavy atom. The van der Waals surface area contributed by atoms with E-state index in [0.717, 1.165) is 16.3 Å². The second kappa shape index (κ2) is 8.01. The van der Waals surface area contributed by atoms with E-state index in [9.17, 15) is 14.7 Å². The second-order valence-electron chi connectivity index (χ2n) is 7.19. The van der Waals surface area contributed by atoms with Crippen molar-refractivity contribution in [1.82, 2.24) is 5.32 Å². The Labute approximate surface area is 148 Å². The third-order valence-electron chi connectivity index (χ3n) is 3.79. The summed E-state index contributed by atoms with van der Waals surface area (Å²) in [4.78, 5) is 23.0. The predicted octanol–water partition coefficient (Wildman–Crippen LogP) is 4.00. The molecular formula is C20H25NO4. The molecule has 1 atom stereocenters. The molecule has 0 aromatic heterocycles. The lowest BCUT2D eigenvalue weighted by Gasteiger charge is -2.22. The van der Waals surface area contributed by atoms with Crippen LogP contribution in [0.1, 0.15) is 32.8 Å². The molecule has 0 unspecified atom stereocenters. The molecule has 0 aliphatic rings. The number of benzene rings is 2. The number of nitrogens with one attached hydrogen (secondary N) is 1. The van der Waals surface area contributed by atoms with Crippen LogP contribution in [0.4, 0.5) is 4.79 Å². The molecule has 2 aromatic rings. The van der Waals surface area contributed by atoms with Gasteiger partial charge in [-0.25, -0.2) is 4.79 Å². The first-order chi connectivity index (χ1) is 11.7. The van der Waals surface area contributed by atoms with Gasteiger partial charge in [0.05, 0.1) is 6.42 Å². The number of carbonyl (C=O) groups excluding carboxylic acids is 1. The number of carbonyl (C=O) groups is 2. The highest BCUT2D eigenvalue weighted by molar-refractivity contribution is 5.85. The zero-order chi connectivity index (χ0) is 18.4. The van der Waals surface area contributed by atoms with Crippen molar-refractivity contribution in [3.8, 4) is 0 Å². The summed E-state index contributed by atoms with van der Waals surface area (Å²) >= 11 is 0. The van der Waals surface area contributed by atoms with Crippen LogP contribution in [-0.2, 0) is 16.0 Å². The summed E-state index contributed by atoms with van der Waals surface area (Å²) in [5.74, 6) is -1.09. The Morgan fingerprint density at radius 1 is 1.12 bits per heavy atom. The number of carboxylic acid groups (broad SMARTS) is 1. The summed E-state index contributed by atoms with van der Waals surface area (Å²) in [6.07, 6.45) is 0.0310. The highest BCUT2D eigenvalue weighted by Gasteiger charge is 2.19. The van der Waals surface area contributed by atoms with Crippen LogP contribution in [0.2, 0.25) is 0 Å². The van der Waals surface area contributed by atoms with E-state index in [0.29, 0.717) is 6.42 Å². The molecule has 0 aliphatic heterocycles.